The number of amides is 1. The Kier molecular flexibility index (Phi) is 5.63. The monoisotopic (exact) mass is 356 g/mol. The Hall–Kier alpha value is -3.04. The standard InChI is InChI=1S/C15H15F3N4O3/c1-24-11-4-3-10(12(7-11)25-2)8-19-20-14(23)9-22-6-5-13(21-22)15(16,17)18/h3-8H,9H2,1-2H3,(H,20,23). The van der Waals surface area contributed by atoms with Crippen LogP contribution in [0.4, 0.5) is 13.2 Å². The molecular formula is C15H15F3N4O3. The van der Waals surface area contributed by atoms with Crippen LogP contribution in [0.2, 0.25) is 0 Å². The van der Waals surface area contributed by atoms with Gasteiger partial charge in [0.2, 0.25) is 0 Å². The third kappa shape index (κ3) is 4.96. The smallest absolute Gasteiger partial charge is 0.435 e. The van der Waals surface area contributed by atoms with E-state index >= 15 is 0 Å². The van der Waals surface area contributed by atoms with Crippen LogP contribution < -0.4 is 14.9 Å². The highest BCUT2D eigenvalue weighted by Gasteiger charge is 2.33. The molecule has 2 aromatic rings. The van der Waals surface area contributed by atoms with Crippen LogP contribution in [0.25, 0.3) is 0 Å². The quantitative estimate of drug-likeness (QED) is 0.635. The van der Waals surface area contributed by atoms with Crippen LogP contribution in [0, 0.1) is 0 Å². The van der Waals surface area contributed by atoms with Gasteiger partial charge in [0.25, 0.3) is 5.91 Å². The average Bonchev–Trinajstić information content (AvgIpc) is 3.03. The SMILES string of the molecule is COc1ccc(C=NNC(=O)Cn2ccc(C(F)(F)F)n2)c(OC)c1. The van der Waals surface area contributed by atoms with E-state index in [1.165, 1.54) is 20.4 Å². The number of carbonyl (C=O) groups is 1. The van der Waals surface area contributed by atoms with Crippen molar-refractivity contribution in [2.45, 2.75) is 12.7 Å². The second-order valence-electron chi connectivity index (χ2n) is 4.80. The lowest BCUT2D eigenvalue weighted by Gasteiger charge is -2.07. The van der Waals surface area contributed by atoms with Crippen LogP contribution in [0.3, 0.4) is 0 Å². The van der Waals surface area contributed by atoms with Gasteiger partial charge in [-0.1, -0.05) is 0 Å². The van der Waals surface area contributed by atoms with E-state index in [9.17, 15) is 18.0 Å². The van der Waals surface area contributed by atoms with Crippen molar-refractivity contribution in [3.8, 4) is 11.5 Å². The van der Waals surface area contributed by atoms with E-state index in [-0.39, 0.29) is 0 Å². The summed E-state index contributed by atoms with van der Waals surface area (Å²) in [6.45, 7) is -0.396. The summed E-state index contributed by atoms with van der Waals surface area (Å²) in [6, 6.07) is 5.80. The van der Waals surface area contributed by atoms with Gasteiger partial charge in [-0.25, -0.2) is 5.43 Å². The van der Waals surface area contributed by atoms with Crippen molar-refractivity contribution in [2.24, 2.45) is 5.10 Å². The molecule has 25 heavy (non-hydrogen) atoms. The molecular weight excluding hydrogens is 341 g/mol. The van der Waals surface area contributed by atoms with Crippen molar-refractivity contribution in [1.82, 2.24) is 15.2 Å². The number of hydrazone groups is 1. The maximum absolute atomic E-state index is 12.4. The molecule has 1 aromatic carbocycles. The highest BCUT2D eigenvalue weighted by Crippen LogP contribution is 2.27. The van der Waals surface area contributed by atoms with Gasteiger partial charge in [-0.15, -0.1) is 0 Å². The maximum Gasteiger partial charge on any atom is 0.435 e. The van der Waals surface area contributed by atoms with Crippen molar-refractivity contribution in [1.29, 1.82) is 0 Å². The third-order valence-corrected chi connectivity index (χ3v) is 3.07. The highest BCUT2D eigenvalue weighted by atomic mass is 19.4. The normalized spacial score (nSPS) is 11.6. The fraction of sp³-hybridized carbons (Fsp3) is 0.267. The van der Waals surface area contributed by atoms with Crippen molar-refractivity contribution < 1.29 is 27.4 Å². The molecule has 0 aliphatic heterocycles. The fourth-order valence-corrected chi connectivity index (χ4v) is 1.88. The number of aromatic nitrogens is 2. The molecule has 134 valence electrons. The minimum atomic E-state index is -4.55. The number of nitrogens with one attached hydrogen (secondary N) is 1. The Morgan fingerprint density at radius 2 is 2.08 bits per heavy atom. The molecule has 0 saturated heterocycles. The number of nitrogens with zero attached hydrogens (tertiary/aromatic N) is 3. The van der Waals surface area contributed by atoms with Gasteiger partial charge < -0.3 is 9.47 Å². The zero-order valence-electron chi connectivity index (χ0n) is 13.4. The van der Waals surface area contributed by atoms with Gasteiger partial charge in [-0.2, -0.15) is 23.4 Å². The van der Waals surface area contributed by atoms with Crippen molar-refractivity contribution in [3.05, 3.63) is 41.7 Å². The van der Waals surface area contributed by atoms with Crippen molar-refractivity contribution >= 4 is 12.1 Å². The molecule has 0 fully saturated rings. The lowest BCUT2D eigenvalue weighted by Crippen LogP contribution is -2.23. The molecule has 1 aromatic heterocycles. The first-order chi connectivity index (χ1) is 11.8. The van der Waals surface area contributed by atoms with Crippen LogP contribution in [-0.4, -0.2) is 36.1 Å². The lowest BCUT2D eigenvalue weighted by atomic mass is 10.2. The van der Waals surface area contributed by atoms with Crippen LogP contribution in [0.5, 0.6) is 11.5 Å². The number of methoxy groups -OCH3 is 2. The predicted molar refractivity (Wildman–Crippen MR) is 82.5 cm³/mol. The molecule has 0 atom stereocenters. The summed E-state index contributed by atoms with van der Waals surface area (Å²) in [5.74, 6) is 0.456. The first-order valence-corrected chi connectivity index (χ1v) is 6.98. The summed E-state index contributed by atoms with van der Waals surface area (Å²) >= 11 is 0. The Bertz CT molecular complexity index is 772. The summed E-state index contributed by atoms with van der Waals surface area (Å²) in [5, 5.41) is 7.03. The fourth-order valence-electron chi connectivity index (χ4n) is 1.88. The largest absolute Gasteiger partial charge is 0.497 e. The molecule has 1 amide bonds. The first kappa shape index (κ1) is 18.3. The van der Waals surface area contributed by atoms with Crippen LogP contribution in [-0.2, 0) is 17.5 Å². The van der Waals surface area contributed by atoms with Crippen LogP contribution >= 0.6 is 0 Å². The molecule has 0 radical (unpaired) electrons. The second-order valence-corrected chi connectivity index (χ2v) is 4.80. The van der Waals surface area contributed by atoms with Crippen molar-refractivity contribution in [3.63, 3.8) is 0 Å². The number of ether oxygens (including phenoxy) is 2. The molecule has 0 spiro atoms. The number of benzene rings is 1. The van der Waals surface area contributed by atoms with Gasteiger partial charge in [0.15, 0.2) is 5.69 Å². The highest BCUT2D eigenvalue weighted by molar-refractivity contribution is 5.85. The zero-order chi connectivity index (χ0) is 18.4. The Labute approximate surface area is 141 Å². The molecule has 0 saturated carbocycles. The van der Waals surface area contributed by atoms with E-state index in [0.717, 1.165) is 16.9 Å². The molecule has 0 aliphatic carbocycles. The number of carbonyl (C=O) groups excluding carboxylic acids is 1. The number of alkyl halides is 3. The van der Waals surface area contributed by atoms with Crippen LogP contribution in [0.15, 0.2) is 35.6 Å². The molecule has 1 N–H and O–H groups in total. The van der Waals surface area contributed by atoms with Gasteiger partial charge in [-0.05, 0) is 18.2 Å². The number of halogens is 3. The van der Waals surface area contributed by atoms with E-state index < -0.39 is 24.3 Å². The number of hydrogen-bond donors (Lipinski definition) is 1. The van der Waals surface area contributed by atoms with Crippen molar-refractivity contribution in [2.75, 3.05) is 14.2 Å². The van der Waals surface area contributed by atoms with Gasteiger partial charge >= 0.3 is 6.18 Å². The maximum atomic E-state index is 12.4. The van der Waals surface area contributed by atoms with E-state index in [0.29, 0.717) is 17.1 Å². The first-order valence-electron chi connectivity index (χ1n) is 6.98. The molecule has 10 heteroatoms. The van der Waals surface area contributed by atoms with E-state index in [2.05, 4.69) is 15.6 Å². The molecule has 0 bridgehead atoms. The summed E-state index contributed by atoms with van der Waals surface area (Å²) in [4.78, 5) is 11.7. The Balaban J connectivity index is 1.96. The zero-order valence-corrected chi connectivity index (χ0v) is 13.4. The van der Waals surface area contributed by atoms with E-state index in [4.69, 9.17) is 9.47 Å². The predicted octanol–water partition coefficient (Wildman–Crippen LogP) is 2.07. The lowest BCUT2D eigenvalue weighted by molar-refractivity contribution is -0.141. The molecule has 0 aliphatic rings. The number of hydrogen-bond acceptors (Lipinski definition) is 5. The van der Waals surface area contributed by atoms with Gasteiger partial charge in [0.1, 0.15) is 18.0 Å². The Morgan fingerprint density at radius 1 is 1.32 bits per heavy atom. The molecule has 7 nitrogen and oxygen atoms in total. The summed E-state index contributed by atoms with van der Waals surface area (Å²) in [5.41, 5.74) is 1.73. The summed E-state index contributed by atoms with van der Waals surface area (Å²) in [7, 11) is 2.99. The average molecular weight is 356 g/mol. The van der Waals surface area contributed by atoms with E-state index in [1.807, 2.05) is 0 Å². The summed E-state index contributed by atoms with van der Waals surface area (Å²) < 4.78 is 48.4. The van der Waals surface area contributed by atoms with Gasteiger partial charge in [0, 0.05) is 17.8 Å². The van der Waals surface area contributed by atoms with E-state index in [1.54, 1.807) is 18.2 Å². The molecule has 0 unspecified atom stereocenters. The van der Waals surface area contributed by atoms with Crippen LogP contribution in [0.1, 0.15) is 11.3 Å². The molecule has 1 heterocycles. The number of rotatable bonds is 6. The summed E-state index contributed by atoms with van der Waals surface area (Å²) in [6.07, 6.45) is -2.14. The minimum absolute atomic E-state index is 0.396. The van der Waals surface area contributed by atoms with Gasteiger partial charge in [-0.3, -0.25) is 9.48 Å². The topological polar surface area (TPSA) is 77.7 Å². The Morgan fingerprint density at radius 3 is 2.68 bits per heavy atom. The second kappa shape index (κ2) is 7.69. The molecule has 2 rings (SSSR count). The van der Waals surface area contributed by atoms with Gasteiger partial charge in [0.05, 0.1) is 20.4 Å². The third-order valence-electron chi connectivity index (χ3n) is 3.07. The minimum Gasteiger partial charge on any atom is -0.497 e.